The molecule has 0 aliphatic heterocycles. The normalized spacial score (nSPS) is 10.9. The van der Waals surface area contributed by atoms with Crippen LogP contribution in [-0.2, 0) is 13.6 Å². The molecule has 1 amide bonds. The van der Waals surface area contributed by atoms with Gasteiger partial charge in [0.25, 0.3) is 11.5 Å². The first kappa shape index (κ1) is 17.7. The molecule has 0 aliphatic rings. The van der Waals surface area contributed by atoms with Crippen LogP contribution < -0.4 is 10.3 Å². The second-order valence-corrected chi connectivity index (χ2v) is 6.08. The second kappa shape index (κ2) is 7.03. The molecule has 0 saturated heterocycles. The van der Waals surface area contributed by atoms with Gasteiger partial charge in [0.2, 0.25) is 5.71 Å². The van der Waals surface area contributed by atoms with Gasteiger partial charge < -0.3 is 18.6 Å². The van der Waals surface area contributed by atoms with E-state index in [0.717, 1.165) is 11.3 Å². The molecule has 1 aromatic carbocycles. The Kier molecular flexibility index (Phi) is 4.79. The van der Waals surface area contributed by atoms with Crippen molar-refractivity contribution >= 4 is 17.0 Å². The van der Waals surface area contributed by atoms with Crippen LogP contribution in [0.2, 0.25) is 0 Å². The van der Waals surface area contributed by atoms with Crippen molar-refractivity contribution < 1.29 is 13.9 Å². The maximum Gasteiger partial charge on any atom is 0.265 e. The van der Waals surface area contributed by atoms with Crippen molar-refractivity contribution in [1.29, 1.82) is 0 Å². The Balaban J connectivity index is 1.98. The number of benzene rings is 1. The van der Waals surface area contributed by atoms with E-state index in [4.69, 9.17) is 9.15 Å². The number of furan rings is 1. The van der Waals surface area contributed by atoms with Gasteiger partial charge >= 0.3 is 0 Å². The molecule has 136 valence electrons. The summed E-state index contributed by atoms with van der Waals surface area (Å²) in [5.41, 5.74) is 1.02. The van der Waals surface area contributed by atoms with Gasteiger partial charge in [0.15, 0.2) is 0 Å². The monoisotopic (exact) mass is 355 g/mol. The van der Waals surface area contributed by atoms with E-state index in [1.807, 2.05) is 31.2 Å². The van der Waals surface area contributed by atoms with Crippen LogP contribution in [0.5, 0.6) is 5.75 Å². The minimum absolute atomic E-state index is 0.178. The van der Waals surface area contributed by atoms with Gasteiger partial charge in [-0.25, -0.2) is 4.98 Å². The molecule has 26 heavy (non-hydrogen) atoms. The standard InChI is InChI=1S/C19H21N3O4/c1-5-25-14-9-7-6-8-13(14)10-21(3)18(23)15-12(2)26-17-16(15)19(24)22(4)11-20-17/h6-9,11H,5,10H2,1-4H3. The zero-order chi connectivity index (χ0) is 18.8. The molecule has 0 N–H and O–H groups in total. The molecule has 0 aliphatic carbocycles. The third-order valence-corrected chi connectivity index (χ3v) is 4.19. The number of rotatable bonds is 5. The third kappa shape index (κ3) is 3.08. The number of amides is 1. The van der Waals surface area contributed by atoms with Crippen molar-refractivity contribution in [2.75, 3.05) is 13.7 Å². The summed E-state index contributed by atoms with van der Waals surface area (Å²) in [5.74, 6) is 0.824. The molecular formula is C19H21N3O4. The van der Waals surface area contributed by atoms with Gasteiger partial charge in [-0.2, -0.15) is 0 Å². The second-order valence-electron chi connectivity index (χ2n) is 6.08. The van der Waals surface area contributed by atoms with E-state index in [1.165, 1.54) is 10.9 Å². The van der Waals surface area contributed by atoms with Gasteiger partial charge in [0.1, 0.15) is 23.2 Å². The first-order chi connectivity index (χ1) is 12.4. The number of ether oxygens (including phenoxy) is 1. The molecule has 0 spiro atoms. The van der Waals surface area contributed by atoms with E-state index in [9.17, 15) is 9.59 Å². The topological polar surface area (TPSA) is 77.6 Å². The molecule has 0 saturated carbocycles. The van der Waals surface area contributed by atoms with E-state index in [1.54, 1.807) is 25.9 Å². The molecule has 0 unspecified atom stereocenters. The van der Waals surface area contributed by atoms with Gasteiger partial charge in [-0.3, -0.25) is 9.59 Å². The summed E-state index contributed by atoms with van der Waals surface area (Å²) in [5, 5.41) is 0.211. The summed E-state index contributed by atoms with van der Waals surface area (Å²) in [7, 11) is 3.28. The Hall–Kier alpha value is -3.09. The van der Waals surface area contributed by atoms with Crippen LogP contribution in [0.1, 0.15) is 28.6 Å². The molecule has 0 bridgehead atoms. The van der Waals surface area contributed by atoms with Crippen LogP contribution in [0.25, 0.3) is 11.1 Å². The molecular weight excluding hydrogens is 334 g/mol. The van der Waals surface area contributed by atoms with Crippen molar-refractivity contribution in [3.05, 3.63) is 57.8 Å². The zero-order valence-corrected chi connectivity index (χ0v) is 15.3. The summed E-state index contributed by atoms with van der Waals surface area (Å²) >= 11 is 0. The third-order valence-electron chi connectivity index (χ3n) is 4.19. The van der Waals surface area contributed by atoms with Gasteiger partial charge in [-0.1, -0.05) is 18.2 Å². The number of fused-ring (bicyclic) bond motifs is 1. The lowest BCUT2D eigenvalue weighted by Crippen LogP contribution is -2.28. The average Bonchev–Trinajstić information content (AvgIpc) is 2.96. The van der Waals surface area contributed by atoms with Crippen LogP contribution in [-0.4, -0.2) is 34.0 Å². The van der Waals surface area contributed by atoms with Crippen LogP contribution >= 0.6 is 0 Å². The Bertz CT molecular complexity index is 1020. The van der Waals surface area contributed by atoms with Crippen LogP contribution in [0, 0.1) is 6.92 Å². The minimum atomic E-state index is -0.307. The van der Waals surface area contributed by atoms with E-state index in [2.05, 4.69) is 4.98 Å². The van der Waals surface area contributed by atoms with E-state index >= 15 is 0 Å². The SMILES string of the molecule is CCOc1ccccc1CN(C)C(=O)c1c(C)oc2ncn(C)c(=O)c12. The van der Waals surface area contributed by atoms with Crippen LogP contribution in [0.4, 0.5) is 0 Å². The number of hydrogen-bond donors (Lipinski definition) is 0. The first-order valence-corrected chi connectivity index (χ1v) is 8.35. The Morgan fingerprint density at radius 2 is 2.08 bits per heavy atom. The van der Waals surface area contributed by atoms with Crippen molar-refractivity contribution in [2.24, 2.45) is 7.05 Å². The Labute approximate surface area is 150 Å². The fourth-order valence-electron chi connectivity index (χ4n) is 2.89. The summed E-state index contributed by atoms with van der Waals surface area (Å²) in [4.78, 5) is 31.1. The van der Waals surface area contributed by atoms with Crippen LogP contribution in [0.3, 0.4) is 0 Å². The highest BCUT2D eigenvalue weighted by Crippen LogP contribution is 2.24. The largest absolute Gasteiger partial charge is 0.494 e. The highest BCUT2D eigenvalue weighted by molar-refractivity contribution is 6.06. The summed E-state index contributed by atoms with van der Waals surface area (Å²) in [6, 6.07) is 7.57. The quantitative estimate of drug-likeness (QED) is 0.703. The predicted octanol–water partition coefficient (Wildman–Crippen LogP) is 2.51. The number of hydrogen-bond acceptors (Lipinski definition) is 5. The lowest BCUT2D eigenvalue weighted by atomic mass is 10.1. The molecule has 0 fully saturated rings. The van der Waals surface area contributed by atoms with Gasteiger partial charge in [0.05, 0.1) is 12.2 Å². The van der Waals surface area contributed by atoms with Crippen LogP contribution in [0.15, 0.2) is 39.8 Å². The smallest absolute Gasteiger partial charge is 0.265 e. The van der Waals surface area contributed by atoms with Gasteiger partial charge in [-0.05, 0) is 19.9 Å². The Morgan fingerprint density at radius 3 is 2.81 bits per heavy atom. The lowest BCUT2D eigenvalue weighted by molar-refractivity contribution is 0.0784. The maximum atomic E-state index is 13.0. The maximum absolute atomic E-state index is 13.0. The fraction of sp³-hybridized carbons (Fsp3) is 0.316. The summed E-state index contributed by atoms with van der Waals surface area (Å²) < 4.78 is 12.5. The molecule has 0 radical (unpaired) electrons. The van der Waals surface area contributed by atoms with Crippen molar-refractivity contribution in [2.45, 2.75) is 20.4 Å². The van der Waals surface area contributed by atoms with Gasteiger partial charge in [0, 0.05) is 26.2 Å². The molecule has 3 rings (SSSR count). The molecule has 3 aromatic rings. The highest BCUT2D eigenvalue weighted by Gasteiger charge is 2.25. The lowest BCUT2D eigenvalue weighted by Gasteiger charge is -2.19. The number of aryl methyl sites for hydroxylation is 2. The van der Waals surface area contributed by atoms with Crippen molar-refractivity contribution in [3.63, 3.8) is 0 Å². The zero-order valence-electron chi connectivity index (χ0n) is 15.3. The number of carbonyl (C=O) groups is 1. The van der Waals surface area contributed by atoms with Gasteiger partial charge in [-0.15, -0.1) is 0 Å². The number of para-hydroxylation sites is 1. The molecule has 2 aromatic heterocycles. The Morgan fingerprint density at radius 1 is 1.35 bits per heavy atom. The van der Waals surface area contributed by atoms with E-state index in [0.29, 0.717) is 18.9 Å². The van der Waals surface area contributed by atoms with Crippen molar-refractivity contribution in [3.8, 4) is 5.75 Å². The average molecular weight is 355 g/mol. The fourth-order valence-corrected chi connectivity index (χ4v) is 2.89. The first-order valence-electron chi connectivity index (χ1n) is 8.35. The van der Waals surface area contributed by atoms with E-state index < -0.39 is 0 Å². The number of aromatic nitrogens is 2. The van der Waals surface area contributed by atoms with Crippen molar-refractivity contribution in [1.82, 2.24) is 14.5 Å². The van der Waals surface area contributed by atoms with E-state index in [-0.39, 0.29) is 28.1 Å². The summed E-state index contributed by atoms with van der Waals surface area (Å²) in [6.07, 6.45) is 1.38. The predicted molar refractivity (Wildman–Crippen MR) is 97.4 cm³/mol. The highest BCUT2D eigenvalue weighted by atomic mass is 16.5. The molecule has 7 heteroatoms. The number of carbonyl (C=O) groups excluding carboxylic acids is 1. The summed E-state index contributed by atoms with van der Waals surface area (Å²) in [6.45, 7) is 4.47. The minimum Gasteiger partial charge on any atom is -0.494 e. The molecule has 7 nitrogen and oxygen atoms in total. The number of nitrogens with zero attached hydrogens (tertiary/aromatic N) is 3. The molecule has 2 heterocycles. The molecule has 0 atom stereocenters.